The van der Waals surface area contributed by atoms with E-state index in [9.17, 15) is 14.5 Å². The number of halogens is 1. The van der Waals surface area contributed by atoms with Crippen LogP contribution in [-0.4, -0.2) is 29.5 Å². The second-order valence-corrected chi connectivity index (χ2v) is 4.87. The third kappa shape index (κ3) is 3.58. The summed E-state index contributed by atoms with van der Waals surface area (Å²) in [5.74, 6) is -0.0808. The molecule has 0 aliphatic rings. The number of nitrogens with zero attached hydrogens (tertiary/aromatic N) is 1. The molecule has 0 spiro atoms. The zero-order valence-corrected chi connectivity index (χ0v) is 10.9. The molecule has 0 saturated carbocycles. The Balaban J connectivity index is 2.97. The zero-order valence-electron chi connectivity index (χ0n) is 10.1. The molecule has 1 aromatic carbocycles. The molecule has 7 heteroatoms. The van der Waals surface area contributed by atoms with Crippen LogP contribution in [0.3, 0.4) is 0 Å². The van der Waals surface area contributed by atoms with Gasteiger partial charge in [-0.15, -0.1) is 11.8 Å². The molecule has 1 rings (SSSR count). The highest BCUT2D eigenvalue weighted by Gasteiger charge is 2.19. The van der Waals surface area contributed by atoms with E-state index in [4.69, 9.17) is 9.84 Å². The lowest BCUT2D eigenvalue weighted by Gasteiger charge is -2.09. The van der Waals surface area contributed by atoms with Crippen LogP contribution >= 0.6 is 11.8 Å². The van der Waals surface area contributed by atoms with Crippen molar-refractivity contribution in [3.63, 3.8) is 0 Å². The molecule has 1 aromatic rings. The normalized spacial score (nSPS) is 12.2. The quantitative estimate of drug-likeness (QED) is 0.490. The van der Waals surface area contributed by atoms with Crippen LogP contribution in [0.15, 0.2) is 17.0 Å². The van der Waals surface area contributed by atoms with Gasteiger partial charge in [0.1, 0.15) is 5.82 Å². The second kappa shape index (κ2) is 6.55. The summed E-state index contributed by atoms with van der Waals surface area (Å²) in [6, 6.07) is 2.16. The van der Waals surface area contributed by atoms with E-state index in [0.29, 0.717) is 5.75 Å². The lowest BCUT2D eigenvalue weighted by Crippen LogP contribution is -2.04. The Morgan fingerprint density at radius 1 is 1.61 bits per heavy atom. The van der Waals surface area contributed by atoms with Crippen molar-refractivity contribution in [1.82, 2.24) is 0 Å². The van der Waals surface area contributed by atoms with Gasteiger partial charge in [-0.05, 0) is 5.92 Å². The molecular weight excluding hydrogens is 261 g/mol. The number of benzene rings is 1. The summed E-state index contributed by atoms with van der Waals surface area (Å²) in [6.45, 7) is 1.84. The van der Waals surface area contributed by atoms with Crippen LogP contribution in [-0.2, 0) is 0 Å². The van der Waals surface area contributed by atoms with Crippen molar-refractivity contribution < 1.29 is 19.2 Å². The number of hydrogen-bond donors (Lipinski definition) is 1. The van der Waals surface area contributed by atoms with Crippen molar-refractivity contribution in [3.8, 4) is 5.75 Å². The van der Waals surface area contributed by atoms with Crippen LogP contribution in [0, 0.1) is 21.8 Å². The van der Waals surface area contributed by atoms with Gasteiger partial charge in [0, 0.05) is 23.3 Å². The van der Waals surface area contributed by atoms with Gasteiger partial charge in [-0.1, -0.05) is 6.92 Å². The maximum absolute atomic E-state index is 13.6. The van der Waals surface area contributed by atoms with Gasteiger partial charge in [0.25, 0.3) is 0 Å². The van der Waals surface area contributed by atoms with Crippen LogP contribution in [0.1, 0.15) is 6.92 Å². The molecule has 1 N–H and O–H groups in total. The van der Waals surface area contributed by atoms with Crippen LogP contribution in [0.2, 0.25) is 0 Å². The Hall–Kier alpha value is -1.34. The number of nitro groups is 1. The maximum atomic E-state index is 13.6. The Labute approximate surface area is 108 Å². The van der Waals surface area contributed by atoms with E-state index in [2.05, 4.69) is 0 Å². The molecule has 0 aliphatic carbocycles. The zero-order chi connectivity index (χ0) is 13.7. The highest BCUT2D eigenvalue weighted by Crippen LogP contribution is 2.34. The molecule has 0 aliphatic heterocycles. The van der Waals surface area contributed by atoms with Crippen molar-refractivity contribution in [2.75, 3.05) is 19.5 Å². The third-order valence-electron chi connectivity index (χ3n) is 2.27. The standard InChI is InChI=1S/C11H14FNO4S/c1-7(5-14)6-18-11-4-10(17-2)9(13(15)16)3-8(11)12/h3-4,7,14H,5-6H2,1-2H3. The van der Waals surface area contributed by atoms with Gasteiger partial charge in [0.05, 0.1) is 18.1 Å². The molecule has 0 aromatic heterocycles. The predicted octanol–water partition coefficient (Wildman–Crippen LogP) is 2.46. The maximum Gasteiger partial charge on any atom is 0.313 e. The fraction of sp³-hybridized carbons (Fsp3) is 0.455. The minimum absolute atomic E-state index is 0.0126. The van der Waals surface area contributed by atoms with E-state index in [-0.39, 0.29) is 23.2 Å². The number of ether oxygens (including phenoxy) is 1. The second-order valence-electron chi connectivity index (χ2n) is 3.81. The molecular formula is C11H14FNO4S. The molecule has 0 heterocycles. The van der Waals surface area contributed by atoms with Crippen molar-refractivity contribution in [2.24, 2.45) is 5.92 Å². The summed E-state index contributed by atoms with van der Waals surface area (Å²) >= 11 is 1.19. The van der Waals surface area contributed by atoms with Gasteiger partial charge in [-0.25, -0.2) is 4.39 Å². The number of thioether (sulfide) groups is 1. The van der Waals surface area contributed by atoms with Crippen LogP contribution < -0.4 is 4.74 Å². The molecule has 100 valence electrons. The van der Waals surface area contributed by atoms with E-state index in [1.54, 1.807) is 0 Å². The number of nitro benzene ring substituents is 1. The smallest absolute Gasteiger partial charge is 0.313 e. The number of hydrogen-bond acceptors (Lipinski definition) is 5. The predicted molar refractivity (Wildman–Crippen MR) is 66.6 cm³/mol. The van der Waals surface area contributed by atoms with Crippen LogP contribution in [0.5, 0.6) is 5.75 Å². The molecule has 0 saturated heterocycles. The average molecular weight is 275 g/mol. The number of methoxy groups -OCH3 is 1. The van der Waals surface area contributed by atoms with Gasteiger partial charge in [-0.2, -0.15) is 0 Å². The van der Waals surface area contributed by atoms with E-state index in [1.807, 2.05) is 6.92 Å². The molecule has 0 fully saturated rings. The van der Waals surface area contributed by atoms with Gasteiger partial charge < -0.3 is 9.84 Å². The van der Waals surface area contributed by atoms with Crippen LogP contribution in [0.4, 0.5) is 10.1 Å². The Bertz CT molecular complexity index is 441. The lowest BCUT2D eigenvalue weighted by molar-refractivity contribution is -0.386. The third-order valence-corrected chi connectivity index (χ3v) is 3.62. The van der Waals surface area contributed by atoms with E-state index >= 15 is 0 Å². The van der Waals surface area contributed by atoms with Crippen molar-refractivity contribution in [3.05, 3.63) is 28.1 Å². The summed E-state index contributed by atoms with van der Waals surface area (Å²) in [7, 11) is 1.30. The topological polar surface area (TPSA) is 72.6 Å². The monoisotopic (exact) mass is 275 g/mol. The average Bonchev–Trinajstić information content (AvgIpc) is 2.36. The number of rotatable bonds is 6. The van der Waals surface area contributed by atoms with Crippen molar-refractivity contribution in [1.29, 1.82) is 0 Å². The van der Waals surface area contributed by atoms with E-state index in [0.717, 1.165) is 6.07 Å². The molecule has 1 atom stereocenters. The van der Waals surface area contributed by atoms with E-state index < -0.39 is 16.4 Å². The first kappa shape index (κ1) is 14.7. The SMILES string of the molecule is COc1cc(SCC(C)CO)c(F)cc1[N+](=O)[O-]. The van der Waals surface area contributed by atoms with Gasteiger partial charge >= 0.3 is 5.69 Å². The van der Waals surface area contributed by atoms with Crippen molar-refractivity contribution in [2.45, 2.75) is 11.8 Å². The summed E-state index contributed by atoms with van der Waals surface area (Å²) in [5.41, 5.74) is -0.394. The summed E-state index contributed by atoms with van der Waals surface area (Å²) in [6.07, 6.45) is 0. The fourth-order valence-corrected chi connectivity index (χ4v) is 2.18. The largest absolute Gasteiger partial charge is 0.490 e. The van der Waals surface area contributed by atoms with Crippen LogP contribution in [0.25, 0.3) is 0 Å². The Kier molecular flexibility index (Phi) is 5.36. The Morgan fingerprint density at radius 2 is 2.28 bits per heavy atom. The minimum atomic E-state index is -0.688. The molecule has 5 nitrogen and oxygen atoms in total. The summed E-state index contributed by atoms with van der Waals surface area (Å²) in [4.78, 5) is 10.3. The molecule has 0 radical (unpaired) electrons. The first-order valence-corrected chi connectivity index (χ1v) is 6.23. The molecule has 0 amide bonds. The number of aliphatic hydroxyl groups is 1. The number of aliphatic hydroxyl groups excluding tert-OH is 1. The first-order valence-electron chi connectivity index (χ1n) is 5.25. The van der Waals surface area contributed by atoms with E-state index in [1.165, 1.54) is 24.9 Å². The molecule has 0 bridgehead atoms. The first-order chi connectivity index (χ1) is 8.49. The fourth-order valence-electron chi connectivity index (χ4n) is 1.23. The summed E-state index contributed by atoms with van der Waals surface area (Å²) in [5, 5.41) is 19.6. The molecule has 1 unspecified atom stereocenters. The van der Waals surface area contributed by atoms with Gasteiger partial charge in [0.15, 0.2) is 5.75 Å². The highest BCUT2D eigenvalue weighted by atomic mass is 32.2. The highest BCUT2D eigenvalue weighted by molar-refractivity contribution is 7.99. The molecule has 18 heavy (non-hydrogen) atoms. The van der Waals surface area contributed by atoms with Gasteiger partial charge in [-0.3, -0.25) is 10.1 Å². The summed E-state index contributed by atoms with van der Waals surface area (Å²) < 4.78 is 18.5. The van der Waals surface area contributed by atoms with Gasteiger partial charge in [0.2, 0.25) is 0 Å². The van der Waals surface area contributed by atoms with Crippen molar-refractivity contribution >= 4 is 17.4 Å². The lowest BCUT2D eigenvalue weighted by atomic mass is 10.2. The Morgan fingerprint density at radius 3 is 2.78 bits per heavy atom. The minimum Gasteiger partial charge on any atom is -0.490 e.